The van der Waals surface area contributed by atoms with E-state index >= 15 is 0 Å². The lowest BCUT2D eigenvalue weighted by Crippen LogP contribution is -2.28. The molecule has 0 aromatic heterocycles. The number of anilines is 2. The van der Waals surface area contributed by atoms with Crippen LogP contribution in [-0.4, -0.2) is 17.6 Å². The van der Waals surface area contributed by atoms with E-state index < -0.39 is 11.7 Å². The van der Waals surface area contributed by atoms with Crippen LogP contribution in [0.5, 0.6) is 0 Å². The maximum Gasteiger partial charge on any atom is 0.255 e. The fourth-order valence-electron chi connectivity index (χ4n) is 3.25. The van der Waals surface area contributed by atoms with Gasteiger partial charge in [0.05, 0.1) is 5.75 Å². The highest BCUT2D eigenvalue weighted by Gasteiger charge is 2.34. The van der Waals surface area contributed by atoms with Gasteiger partial charge in [0.2, 0.25) is 5.91 Å². The molecule has 1 unspecified atom stereocenters. The zero-order chi connectivity index (χ0) is 21.3. The van der Waals surface area contributed by atoms with Crippen molar-refractivity contribution in [3.8, 4) is 0 Å². The van der Waals surface area contributed by atoms with Crippen LogP contribution in [0.25, 0.3) is 0 Å². The minimum atomic E-state index is -0.478. The Labute approximate surface area is 176 Å². The summed E-state index contributed by atoms with van der Waals surface area (Å²) in [7, 11) is 0. The Morgan fingerprint density at radius 1 is 1.07 bits per heavy atom. The fourth-order valence-corrected chi connectivity index (χ4v) is 4.42. The predicted molar refractivity (Wildman–Crippen MR) is 115 cm³/mol. The van der Waals surface area contributed by atoms with Crippen molar-refractivity contribution >= 4 is 35.0 Å². The largest absolute Gasteiger partial charge is 0.322 e. The normalized spacial score (nSPS) is 16.0. The standard InChI is InChI=1S/C23H18F2N2O2S/c1-14-5-10-19(12-20(14)25)27-21(28)13-30-23(27)15-6-8-18(9-7-15)26-22(29)16-3-2-4-17(24)11-16/h2-12,23H,13H2,1H3,(H,26,29). The van der Waals surface area contributed by atoms with Crippen LogP contribution < -0.4 is 10.2 Å². The van der Waals surface area contributed by atoms with E-state index in [0.717, 1.165) is 5.56 Å². The number of hydrogen-bond acceptors (Lipinski definition) is 3. The summed E-state index contributed by atoms with van der Waals surface area (Å²) < 4.78 is 27.3. The summed E-state index contributed by atoms with van der Waals surface area (Å²) in [6.07, 6.45) is 0. The van der Waals surface area contributed by atoms with Gasteiger partial charge in [0.15, 0.2) is 0 Å². The topological polar surface area (TPSA) is 49.4 Å². The second kappa shape index (κ2) is 8.28. The molecule has 1 atom stereocenters. The molecule has 1 aliphatic rings. The summed E-state index contributed by atoms with van der Waals surface area (Å²) in [6, 6.07) is 17.3. The molecular formula is C23H18F2N2O2S. The monoisotopic (exact) mass is 424 g/mol. The summed E-state index contributed by atoms with van der Waals surface area (Å²) in [5.41, 5.74) is 2.67. The van der Waals surface area contributed by atoms with Crippen molar-refractivity contribution in [2.24, 2.45) is 0 Å². The highest BCUT2D eigenvalue weighted by atomic mass is 32.2. The first kappa shape index (κ1) is 20.1. The van der Waals surface area contributed by atoms with Crippen LogP contribution in [0, 0.1) is 18.6 Å². The Kier molecular flexibility index (Phi) is 5.55. The van der Waals surface area contributed by atoms with E-state index in [2.05, 4.69) is 5.32 Å². The summed E-state index contributed by atoms with van der Waals surface area (Å²) >= 11 is 1.46. The number of benzene rings is 3. The number of hydrogen-bond donors (Lipinski definition) is 1. The number of nitrogens with one attached hydrogen (secondary N) is 1. The van der Waals surface area contributed by atoms with Gasteiger partial charge < -0.3 is 5.32 Å². The van der Waals surface area contributed by atoms with Gasteiger partial charge in [-0.3, -0.25) is 14.5 Å². The predicted octanol–water partition coefficient (Wildman–Crippen LogP) is 5.30. The van der Waals surface area contributed by atoms with Crippen LogP contribution in [0.2, 0.25) is 0 Å². The second-order valence-corrected chi connectivity index (χ2v) is 8.02. The minimum absolute atomic E-state index is 0.0864. The Bertz CT molecular complexity index is 1120. The molecule has 0 radical (unpaired) electrons. The van der Waals surface area contributed by atoms with Gasteiger partial charge >= 0.3 is 0 Å². The molecule has 1 N–H and O–H groups in total. The van der Waals surface area contributed by atoms with Crippen LogP contribution in [-0.2, 0) is 4.79 Å². The zero-order valence-electron chi connectivity index (χ0n) is 16.1. The molecule has 4 rings (SSSR count). The van der Waals surface area contributed by atoms with Crippen molar-refractivity contribution in [3.05, 3.63) is 95.1 Å². The van der Waals surface area contributed by atoms with Gasteiger partial charge in [0.25, 0.3) is 5.91 Å². The summed E-state index contributed by atoms with van der Waals surface area (Å²) in [4.78, 5) is 26.3. The molecule has 152 valence electrons. The molecule has 3 aromatic rings. The smallest absolute Gasteiger partial charge is 0.255 e. The molecule has 1 aliphatic heterocycles. The first-order valence-electron chi connectivity index (χ1n) is 9.29. The molecule has 1 fully saturated rings. The second-order valence-electron chi connectivity index (χ2n) is 6.95. The average Bonchev–Trinajstić information content (AvgIpc) is 3.12. The molecule has 0 saturated carbocycles. The molecular weight excluding hydrogens is 406 g/mol. The Hall–Kier alpha value is -3.19. The van der Waals surface area contributed by atoms with Crippen LogP contribution in [0.4, 0.5) is 20.2 Å². The molecule has 2 amide bonds. The van der Waals surface area contributed by atoms with Gasteiger partial charge in [-0.15, -0.1) is 11.8 Å². The summed E-state index contributed by atoms with van der Waals surface area (Å²) in [6.45, 7) is 1.67. The van der Waals surface area contributed by atoms with Crippen molar-refractivity contribution in [2.45, 2.75) is 12.3 Å². The highest BCUT2D eigenvalue weighted by molar-refractivity contribution is 8.00. The zero-order valence-corrected chi connectivity index (χ0v) is 16.9. The number of amides is 2. The Morgan fingerprint density at radius 2 is 1.83 bits per heavy atom. The molecule has 3 aromatic carbocycles. The quantitative estimate of drug-likeness (QED) is 0.618. The number of halogens is 2. The number of aryl methyl sites for hydroxylation is 1. The van der Waals surface area contributed by atoms with Gasteiger partial charge in [-0.05, 0) is 60.5 Å². The number of nitrogens with zero attached hydrogens (tertiary/aromatic N) is 1. The molecule has 4 nitrogen and oxygen atoms in total. The lowest BCUT2D eigenvalue weighted by molar-refractivity contribution is -0.115. The van der Waals surface area contributed by atoms with Gasteiger partial charge in [0.1, 0.15) is 17.0 Å². The molecule has 7 heteroatoms. The third-order valence-corrected chi connectivity index (χ3v) is 6.05. The Morgan fingerprint density at radius 3 is 2.53 bits per heavy atom. The van der Waals surface area contributed by atoms with Crippen molar-refractivity contribution in [1.29, 1.82) is 0 Å². The third-order valence-electron chi connectivity index (χ3n) is 4.84. The maximum absolute atomic E-state index is 14.0. The van der Waals surface area contributed by atoms with Gasteiger partial charge in [-0.25, -0.2) is 8.78 Å². The number of thioether (sulfide) groups is 1. The third kappa shape index (κ3) is 4.07. The number of rotatable bonds is 4. The van der Waals surface area contributed by atoms with E-state index in [1.807, 2.05) is 12.1 Å². The first-order valence-corrected chi connectivity index (χ1v) is 10.3. The van der Waals surface area contributed by atoms with Crippen LogP contribution >= 0.6 is 11.8 Å². The lowest BCUT2D eigenvalue weighted by Gasteiger charge is -2.25. The maximum atomic E-state index is 14.0. The summed E-state index contributed by atoms with van der Waals surface area (Å²) in [5.74, 6) is -1.03. The summed E-state index contributed by atoms with van der Waals surface area (Å²) in [5, 5.41) is 2.44. The molecule has 30 heavy (non-hydrogen) atoms. The molecule has 0 bridgehead atoms. The highest BCUT2D eigenvalue weighted by Crippen LogP contribution is 2.42. The van der Waals surface area contributed by atoms with Crippen molar-refractivity contribution in [1.82, 2.24) is 0 Å². The van der Waals surface area contributed by atoms with Crippen molar-refractivity contribution in [2.75, 3.05) is 16.0 Å². The molecule has 0 spiro atoms. The SMILES string of the molecule is Cc1ccc(N2C(=O)CSC2c2ccc(NC(=O)c3cccc(F)c3)cc2)cc1F. The van der Waals surface area contributed by atoms with Crippen molar-refractivity contribution in [3.63, 3.8) is 0 Å². The van der Waals surface area contributed by atoms with Gasteiger partial charge in [0, 0.05) is 16.9 Å². The van der Waals surface area contributed by atoms with Crippen LogP contribution in [0.15, 0.2) is 66.7 Å². The van der Waals surface area contributed by atoms with Crippen LogP contribution in [0.1, 0.15) is 26.9 Å². The minimum Gasteiger partial charge on any atom is -0.322 e. The van der Waals surface area contributed by atoms with E-state index in [9.17, 15) is 18.4 Å². The fraction of sp³-hybridized carbons (Fsp3) is 0.130. The van der Waals surface area contributed by atoms with Gasteiger partial charge in [-0.2, -0.15) is 0 Å². The molecule has 1 saturated heterocycles. The molecule has 1 heterocycles. The number of carbonyl (C=O) groups excluding carboxylic acids is 2. The van der Waals surface area contributed by atoms with E-state index in [1.165, 1.54) is 42.1 Å². The Balaban J connectivity index is 1.53. The van der Waals surface area contributed by atoms with E-state index in [-0.39, 0.29) is 22.7 Å². The van der Waals surface area contributed by atoms with E-state index in [1.54, 1.807) is 36.1 Å². The lowest BCUT2D eigenvalue weighted by atomic mass is 10.1. The van der Waals surface area contributed by atoms with E-state index in [0.29, 0.717) is 22.7 Å². The van der Waals surface area contributed by atoms with E-state index in [4.69, 9.17) is 0 Å². The average molecular weight is 424 g/mol. The van der Waals surface area contributed by atoms with Crippen molar-refractivity contribution < 1.29 is 18.4 Å². The van der Waals surface area contributed by atoms with Gasteiger partial charge in [-0.1, -0.05) is 24.3 Å². The number of carbonyl (C=O) groups is 2. The first-order chi connectivity index (χ1) is 14.4. The molecule has 0 aliphatic carbocycles. The van der Waals surface area contributed by atoms with Crippen LogP contribution in [0.3, 0.4) is 0 Å².